The maximum atomic E-state index is 13.0. The smallest absolute Gasteiger partial charge is 0.339 e. The van der Waals surface area contributed by atoms with E-state index < -0.39 is 66.8 Å². The molecule has 0 aromatic heterocycles. The molecule has 0 bridgehead atoms. The van der Waals surface area contributed by atoms with Crippen LogP contribution in [0, 0.1) is 51.8 Å². The van der Waals surface area contributed by atoms with Crippen LogP contribution < -0.4 is 0 Å². The van der Waals surface area contributed by atoms with Gasteiger partial charge < -0.3 is 38.3 Å². The lowest BCUT2D eigenvalue weighted by Gasteiger charge is -2.69. The van der Waals surface area contributed by atoms with E-state index in [1.165, 1.54) is 14.0 Å². The molecular formula is C41H64O13. The molecule has 13 nitrogen and oxygen atoms in total. The summed E-state index contributed by atoms with van der Waals surface area (Å²) in [6.07, 6.45) is 0.291. The third-order valence-electron chi connectivity index (χ3n) is 15.1. The summed E-state index contributed by atoms with van der Waals surface area (Å²) >= 11 is 0. The number of ether oxygens (including phenoxy) is 7. The van der Waals surface area contributed by atoms with E-state index in [-0.39, 0.29) is 34.1 Å². The van der Waals surface area contributed by atoms with Crippen molar-refractivity contribution < 1.29 is 62.2 Å². The number of hydrogen-bond donors (Lipinski definition) is 1. The maximum absolute atomic E-state index is 13.0. The van der Waals surface area contributed by atoms with Gasteiger partial charge in [-0.1, -0.05) is 41.0 Å². The SMILES string of the molecule is CC[C@H]1[C@@H](O)C2C3CC[C@H]([C@H](C)CCC(=O)OC)[C@@]3(C)CCC2[C@@]2(C)CC[C@@H](O[C@@H]3O[C@H](C(=O)OC)[C@@H](OC(C)=O)[C@H](OC(C)=O)[C@H]3OC(C)=O)C[C@@]12C. The molecule has 0 spiro atoms. The molecule has 54 heavy (non-hydrogen) atoms. The molecule has 0 aromatic carbocycles. The second kappa shape index (κ2) is 16.4. The summed E-state index contributed by atoms with van der Waals surface area (Å²) in [5, 5.41) is 12.5. The average molecular weight is 765 g/mol. The molecule has 5 fully saturated rings. The molecule has 5 rings (SSSR count). The number of methoxy groups -OCH3 is 2. The maximum Gasteiger partial charge on any atom is 0.339 e. The molecule has 16 atom stereocenters. The second-order valence-electron chi connectivity index (χ2n) is 17.6. The third-order valence-corrected chi connectivity index (χ3v) is 15.1. The first kappa shape index (κ1) is 42.4. The largest absolute Gasteiger partial charge is 0.469 e. The molecule has 3 unspecified atom stereocenters. The first-order chi connectivity index (χ1) is 25.4. The van der Waals surface area contributed by atoms with Crippen LogP contribution in [0.3, 0.4) is 0 Å². The number of esters is 5. The normalized spacial score (nSPS) is 43.3. The van der Waals surface area contributed by atoms with Gasteiger partial charge in [-0.05, 0) is 103 Å². The van der Waals surface area contributed by atoms with Crippen molar-refractivity contribution in [2.75, 3.05) is 14.2 Å². The number of hydrogen-bond acceptors (Lipinski definition) is 13. The molecule has 13 heteroatoms. The van der Waals surface area contributed by atoms with Crippen LogP contribution >= 0.6 is 0 Å². The Labute approximate surface area is 320 Å². The van der Waals surface area contributed by atoms with Gasteiger partial charge in [-0.3, -0.25) is 19.2 Å². The van der Waals surface area contributed by atoms with Gasteiger partial charge in [0.2, 0.25) is 0 Å². The Bertz CT molecular complexity index is 1420. The quantitative estimate of drug-likeness (QED) is 0.163. The minimum atomic E-state index is -1.53. The summed E-state index contributed by atoms with van der Waals surface area (Å²) in [6, 6.07) is 0. The van der Waals surface area contributed by atoms with Crippen LogP contribution in [0.25, 0.3) is 0 Å². The zero-order chi connectivity index (χ0) is 39.9. The van der Waals surface area contributed by atoms with Gasteiger partial charge in [0.05, 0.1) is 26.4 Å². The van der Waals surface area contributed by atoms with Gasteiger partial charge in [0, 0.05) is 27.2 Å². The summed E-state index contributed by atoms with van der Waals surface area (Å²) in [4.78, 5) is 61.9. The monoisotopic (exact) mass is 764 g/mol. The topological polar surface area (TPSA) is 170 Å². The van der Waals surface area contributed by atoms with Crippen LogP contribution in [0.4, 0.5) is 0 Å². The highest BCUT2D eigenvalue weighted by atomic mass is 16.7. The van der Waals surface area contributed by atoms with E-state index in [2.05, 4.69) is 34.6 Å². The van der Waals surface area contributed by atoms with Gasteiger partial charge >= 0.3 is 29.8 Å². The van der Waals surface area contributed by atoms with Gasteiger partial charge in [0.1, 0.15) is 0 Å². The summed E-state index contributed by atoms with van der Waals surface area (Å²) < 4.78 is 39.4. The fourth-order valence-corrected chi connectivity index (χ4v) is 12.6. The standard InChI is InChI=1S/C41H64O13/c1-11-26-32(46)31-28-14-13-27(21(2)12-15-30(45)48-9)39(28,6)18-17-29(31)40(7)19-16-25(20-41(26,40)8)53-38-36(52-24(5)44)34(51-23(4)43)33(50-22(3)42)35(54-38)37(47)49-10/h21,25-29,31-36,38,46H,11-20H2,1-10H3/t21-,25-,26+,27-,28?,29?,31?,32-,33+,34+,35+,36-,38-,39-,40-,41+/m1/s1. The Hall–Kier alpha value is -2.77. The molecule has 0 amide bonds. The van der Waals surface area contributed by atoms with E-state index in [4.69, 9.17) is 33.2 Å². The van der Waals surface area contributed by atoms with E-state index in [1.807, 2.05) is 0 Å². The van der Waals surface area contributed by atoms with E-state index >= 15 is 0 Å². The molecule has 1 saturated heterocycles. The van der Waals surface area contributed by atoms with Crippen molar-refractivity contribution in [1.82, 2.24) is 0 Å². The number of carbonyl (C=O) groups is 5. The average Bonchev–Trinajstić information content (AvgIpc) is 3.46. The lowest BCUT2D eigenvalue weighted by Crippen LogP contribution is -2.67. The Morgan fingerprint density at radius 2 is 1.43 bits per heavy atom. The predicted molar refractivity (Wildman–Crippen MR) is 193 cm³/mol. The minimum absolute atomic E-state index is 0.0187. The molecule has 5 aliphatic rings. The highest BCUT2D eigenvalue weighted by Gasteiger charge is 2.69. The molecular weight excluding hydrogens is 700 g/mol. The van der Waals surface area contributed by atoms with Crippen molar-refractivity contribution in [2.24, 2.45) is 51.8 Å². The first-order valence-corrected chi connectivity index (χ1v) is 20.0. The number of aliphatic hydroxyl groups excluding tert-OH is 1. The molecule has 1 heterocycles. The minimum Gasteiger partial charge on any atom is -0.469 e. The third kappa shape index (κ3) is 7.54. The zero-order valence-corrected chi connectivity index (χ0v) is 33.9. The molecule has 4 saturated carbocycles. The Kier molecular flexibility index (Phi) is 12.8. The van der Waals surface area contributed by atoms with Crippen molar-refractivity contribution in [3.05, 3.63) is 0 Å². The molecule has 0 aromatic rings. The Balaban J connectivity index is 1.42. The number of rotatable bonds is 11. The van der Waals surface area contributed by atoms with E-state index in [0.29, 0.717) is 42.9 Å². The van der Waals surface area contributed by atoms with Crippen LogP contribution in [0.1, 0.15) is 120 Å². The van der Waals surface area contributed by atoms with Crippen molar-refractivity contribution in [1.29, 1.82) is 0 Å². The van der Waals surface area contributed by atoms with Gasteiger partial charge in [-0.2, -0.15) is 0 Å². The van der Waals surface area contributed by atoms with Crippen molar-refractivity contribution in [3.63, 3.8) is 0 Å². The van der Waals surface area contributed by atoms with E-state index in [9.17, 15) is 29.1 Å². The van der Waals surface area contributed by atoms with Crippen molar-refractivity contribution in [3.8, 4) is 0 Å². The first-order valence-electron chi connectivity index (χ1n) is 20.0. The van der Waals surface area contributed by atoms with Crippen LogP contribution in [-0.4, -0.2) is 92.1 Å². The van der Waals surface area contributed by atoms with Crippen LogP contribution in [0.15, 0.2) is 0 Å². The number of carbonyl (C=O) groups excluding carboxylic acids is 5. The highest BCUT2D eigenvalue weighted by molar-refractivity contribution is 5.77. The number of aliphatic hydroxyl groups is 1. The van der Waals surface area contributed by atoms with Gasteiger partial charge in [0.15, 0.2) is 30.7 Å². The molecule has 1 aliphatic heterocycles. The highest BCUT2D eigenvalue weighted by Crippen LogP contribution is 2.73. The van der Waals surface area contributed by atoms with Crippen LogP contribution in [-0.2, 0) is 57.1 Å². The lowest BCUT2D eigenvalue weighted by molar-refractivity contribution is -0.322. The van der Waals surface area contributed by atoms with Gasteiger partial charge in [-0.25, -0.2) is 4.79 Å². The van der Waals surface area contributed by atoms with Gasteiger partial charge in [-0.15, -0.1) is 0 Å². The second-order valence-corrected chi connectivity index (χ2v) is 17.6. The predicted octanol–water partition coefficient (Wildman–Crippen LogP) is 5.31. The fraction of sp³-hybridized carbons (Fsp3) is 0.878. The van der Waals surface area contributed by atoms with E-state index in [1.54, 1.807) is 0 Å². The van der Waals surface area contributed by atoms with Crippen molar-refractivity contribution in [2.45, 2.75) is 163 Å². The summed E-state index contributed by atoms with van der Waals surface area (Å²) in [6.45, 7) is 15.1. The summed E-state index contributed by atoms with van der Waals surface area (Å²) in [7, 11) is 2.60. The van der Waals surface area contributed by atoms with Crippen LogP contribution in [0.2, 0.25) is 0 Å². The zero-order valence-electron chi connectivity index (χ0n) is 33.9. The summed E-state index contributed by atoms with van der Waals surface area (Å²) in [5.41, 5.74) is -0.359. The lowest BCUT2D eigenvalue weighted by atomic mass is 9.36. The molecule has 1 N–H and O–H groups in total. The Morgan fingerprint density at radius 1 is 0.796 bits per heavy atom. The molecule has 4 aliphatic carbocycles. The van der Waals surface area contributed by atoms with Crippen LogP contribution in [0.5, 0.6) is 0 Å². The van der Waals surface area contributed by atoms with Gasteiger partial charge in [0.25, 0.3) is 0 Å². The van der Waals surface area contributed by atoms with Crippen molar-refractivity contribution >= 4 is 29.8 Å². The number of fused-ring (bicyclic) bond motifs is 5. The fourth-order valence-electron chi connectivity index (χ4n) is 12.6. The van der Waals surface area contributed by atoms with E-state index in [0.717, 1.165) is 65.9 Å². The summed E-state index contributed by atoms with van der Waals surface area (Å²) in [5.74, 6) is -1.55. The molecule has 306 valence electrons. The molecule has 0 radical (unpaired) electrons. The Morgan fingerprint density at radius 3 is 2.02 bits per heavy atom.